The maximum absolute atomic E-state index is 10.6. The molecule has 0 saturated heterocycles. The van der Waals surface area contributed by atoms with E-state index >= 15 is 0 Å². The topological polar surface area (TPSA) is 115 Å². The number of pyridine rings is 1. The van der Waals surface area contributed by atoms with E-state index in [1.165, 1.54) is 0 Å². The van der Waals surface area contributed by atoms with Crippen LogP contribution in [0.4, 0.5) is 11.5 Å². The van der Waals surface area contributed by atoms with E-state index in [2.05, 4.69) is 16.3 Å². The third-order valence-corrected chi connectivity index (χ3v) is 7.26. The first-order valence-electron chi connectivity index (χ1n) is 9.99. The quantitative estimate of drug-likeness (QED) is 0.423. The number of hydrogen-bond acceptors (Lipinski definition) is 7. The van der Waals surface area contributed by atoms with Crippen LogP contribution in [-0.2, 0) is 6.54 Å². The van der Waals surface area contributed by atoms with Gasteiger partial charge in [-0.05, 0) is 30.7 Å². The van der Waals surface area contributed by atoms with Crippen molar-refractivity contribution in [3.05, 3.63) is 59.7 Å². The Morgan fingerprint density at radius 3 is 2.80 bits per heavy atom. The molecule has 0 radical (unpaired) electrons. The molecule has 1 atom stereocenters. The number of fused-ring (bicyclic) bond motifs is 2. The number of aromatic nitrogens is 1. The zero-order chi connectivity index (χ0) is 21.3. The van der Waals surface area contributed by atoms with Gasteiger partial charge in [0.25, 0.3) is 0 Å². The number of nitrogens with two attached hydrogens (primary N) is 1. The van der Waals surface area contributed by atoms with Gasteiger partial charge in [0.2, 0.25) is 0 Å². The third kappa shape index (κ3) is 4.23. The molecular formula is C22H28N4O3S. The lowest BCUT2D eigenvalue weighted by molar-refractivity contribution is 0.196. The van der Waals surface area contributed by atoms with Crippen molar-refractivity contribution in [2.75, 3.05) is 35.6 Å². The van der Waals surface area contributed by atoms with Crippen LogP contribution in [0.25, 0.3) is 10.9 Å². The number of aryl methyl sites for hydroxylation is 1. The monoisotopic (exact) mass is 428 g/mol. The number of benzene rings is 2. The molecule has 2 aromatic carbocycles. The highest BCUT2D eigenvalue weighted by Gasteiger charge is 2.26. The van der Waals surface area contributed by atoms with Gasteiger partial charge < -0.3 is 21.1 Å². The Morgan fingerprint density at radius 2 is 2.00 bits per heavy atom. The molecule has 0 spiro atoms. The van der Waals surface area contributed by atoms with Crippen LogP contribution in [0.3, 0.4) is 0 Å². The number of nitrogens with one attached hydrogen (secondary N) is 1. The van der Waals surface area contributed by atoms with Crippen LogP contribution in [-0.4, -0.2) is 50.7 Å². The van der Waals surface area contributed by atoms with Crippen molar-refractivity contribution in [3.8, 4) is 0 Å². The van der Waals surface area contributed by atoms with Crippen molar-refractivity contribution in [3.63, 3.8) is 0 Å². The van der Waals surface area contributed by atoms with E-state index in [-0.39, 0.29) is 12.3 Å². The summed E-state index contributed by atoms with van der Waals surface area (Å²) in [6.07, 6.45) is -0.639. The molecular weight excluding hydrogens is 400 g/mol. The average molecular weight is 429 g/mol. The predicted octanol–water partition coefficient (Wildman–Crippen LogP) is 3.40. The second-order valence-corrected chi connectivity index (χ2v) is 9.90. The van der Waals surface area contributed by atoms with Crippen LogP contribution in [0.15, 0.2) is 53.4 Å². The molecule has 30 heavy (non-hydrogen) atoms. The van der Waals surface area contributed by atoms with Gasteiger partial charge in [0.15, 0.2) is 0 Å². The normalized spacial score (nSPS) is 17.8. The Kier molecular flexibility index (Phi) is 5.86. The molecule has 1 unspecified atom stereocenters. The Labute approximate surface area is 177 Å². The second-order valence-electron chi connectivity index (χ2n) is 7.72. The molecule has 0 amide bonds. The molecule has 8 heteroatoms. The van der Waals surface area contributed by atoms with Crippen LogP contribution in [0.5, 0.6) is 0 Å². The molecule has 4 rings (SSSR count). The van der Waals surface area contributed by atoms with Crippen molar-refractivity contribution in [2.24, 2.45) is 5.73 Å². The van der Waals surface area contributed by atoms with Crippen LogP contribution in [0.1, 0.15) is 11.1 Å². The fraction of sp³-hybridized carbons (Fsp3) is 0.318. The summed E-state index contributed by atoms with van der Waals surface area (Å²) in [6.45, 7) is 3.57. The van der Waals surface area contributed by atoms with E-state index in [0.717, 1.165) is 33.5 Å². The summed E-state index contributed by atoms with van der Waals surface area (Å²) in [5.41, 5.74) is 9.28. The van der Waals surface area contributed by atoms with Gasteiger partial charge in [0.1, 0.15) is 5.82 Å². The third-order valence-electron chi connectivity index (χ3n) is 5.41. The van der Waals surface area contributed by atoms with Gasteiger partial charge in [0, 0.05) is 43.3 Å². The zero-order valence-electron chi connectivity index (χ0n) is 17.0. The Bertz CT molecular complexity index is 1060. The number of nitrogens with zero attached hydrogens (tertiary/aromatic N) is 2. The maximum Gasteiger partial charge on any atom is 0.131 e. The SMILES string of the molecule is Cc1ccc2nc(N3CCS(O)(O)c4ccccc4C3)cc(NCC(O)CN)c2c1. The molecule has 7 nitrogen and oxygen atoms in total. The first kappa shape index (κ1) is 20.9. The van der Waals surface area contributed by atoms with E-state index < -0.39 is 16.7 Å². The number of aliphatic hydroxyl groups excluding tert-OH is 1. The van der Waals surface area contributed by atoms with E-state index in [4.69, 9.17) is 10.7 Å². The molecule has 2 heterocycles. The zero-order valence-corrected chi connectivity index (χ0v) is 17.8. The number of rotatable bonds is 5. The maximum atomic E-state index is 10.6. The Hall–Kier alpha value is -2.36. The highest BCUT2D eigenvalue weighted by Crippen LogP contribution is 2.51. The molecule has 160 valence electrons. The largest absolute Gasteiger partial charge is 0.390 e. The van der Waals surface area contributed by atoms with E-state index in [1.807, 2.05) is 43.3 Å². The molecule has 0 saturated carbocycles. The van der Waals surface area contributed by atoms with Crippen LogP contribution in [0.2, 0.25) is 0 Å². The lowest BCUT2D eigenvalue weighted by Gasteiger charge is -2.32. The van der Waals surface area contributed by atoms with Crippen molar-refractivity contribution >= 4 is 33.0 Å². The van der Waals surface area contributed by atoms with E-state index in [9.17, 15) is 14.2 Å². The molecule has 1 aliphatic rings. The standard InChI is InChI=1S/C22H28N4O3S/c1-15-6-7-19-18(10-15)20(24-13-17(27)12-23)11-22(25-19)26-8-9-30(28,29)21-5-3-2-4-16(21)14-26/h2-7,10-11,17,27-29H,8-9,12-14,23H2,1H3,(H,24,25). The fourth-order valence-electron chi connectivity index (χ4n) is 3.73. The molecule has 1 aliphatic heterocycles. The number of hydrogen-bond donors (Lipinski definition) is 5. The summed E-state index contributed by atoms with van der Waals surface area (Å²) < 4.78 is 21.3. The van der Waals surface area contributed by atoms with Crippen LogP contribution in [0, 0.1) is 6.92 Å². The fourth-order valence-corrected chi connectivity index (χ4v) is 5.27. The summed E-state index contributed by atoms with van der Waals surface area (Å²) in [6, 6.07) is 15.5. The minimum Gasteiger partial charge on any atom is -0.390 e. The first-order valence-corrected chi connectivity index (χ1v) is 11.7. The highest BCUT2D eigenvalue weighted by molar-refractivity contribution is 8.24. The second kappa shape index (κ2) is 8.41. The van der Waals surface area contributed by atoms with Gasteiger partial charge in [0.05, 0.1) is 22.3 Å². The predicted molar refractivity (Wildman–Crippen MR) is 124 cm³/mol. The molecule has 3 aromatic rings. The summed E-state index contributed by atoms with van der Waals surface area (Å²) in [4.78, 5) is 7.55. The van der Waals surface area contributed by atoms with E-state index in [0.29, 0.717) is 24.5 Å². The van der Waals surface area contributed by atoms with Crippen molar-refractivity contribution in [1.82, 2.24) is 4.98 Å². The van der Waals surface area contributed by atoms with E-state index in [1.54, 1.807) is 6.07 Å². The molecule has 1 aromatic heterocycles. The lowest BCUT2D eigenvalue weighted by Crippen LogP contribution is -2.28. The van der Waals surface area contributed by atoms with Crippen LogP contribution >= 0.6 is 10.6 Å². The van der Waals surface area contributed by atoms with Gasteiger partial charge >= 0.3 is 0 Å². The van der Waals surface area contributed by atoms with Crippen molar-refractivity contribution < 1.29 is 14.2 Å². The Morgan fingerprint density at radius 1 is 1.20 bits per heavy atom. The molecule has 0 bridgehead atoms. The number of anilines is 2. The van der Waals surface area contributed by atoms with Gasteiger partial charge in [-0.15, -0.1) is 0 Å². The first-order chi connectivity index (χ1) is 14.4. The molecule has 0 aliphatic carbocycles. The van der Waals surface area contributed by atoms with Gasteiger partial charge in [-0.3, -0.25) is 9.11 Å². The summed E-state index contributed by atoms with van der Waals surface area (Å²) in [7, 11) is -2.83. The lowest BCUT2D eigenvalue weighted by atomic mass is 10.1. The summed E-state index contributed by atoms with van der Waals surface area (Å²) >= 11 is 0. The smallest absolute Gasteiger partial charge is 0.131 e. The van der Waals surface area contributed by atoms with Gasteiger partial charge in [-0.2, -0.15) is 10.6 Å². The summed E-state index contributed by atoms with van der Waals surface area (Å²) in [5, 5.41) is 14.2. The molecule has 0 fully saturated rings. The van der Waals surface area contributed by atoms with Gasteiger partial charge in [-0.1, -0.05) is 29.8 Å². The minimum absolute atomic E-state index is 0.183. The average Bonchev–Trinajstić information content (AvgIpc) is 2.88. The van der Waals surface area contributed by atoms with Gasteiger partial charge in [-0.25, -0.2) is 4.98 Å². The minimum atomic E-state index is -2.83. The highest BCUT2D eigenvalue weighted by atomic mass is 32.3. The molecule has 6 N–H and O–H groups in total. The summed E-state index contributed by atoms with van der Waals surface area (Å²) in [5.74, 6) is 1.01. The Balaban J connectivity index is 1.74. The number of aliphatic hydroxyl groups is 1. The van der Waals surface area contributed by atoms with Crippen LogP contribution < -0.4 is 16.0 Å². The van der Waals surface area contributed by atoms with Crippen molar-refractivity contribution in [1.29, 1.82) is 0 Å². The van der Waals surface area contributed by atoms with Crippen molar-refractivity contribution in [2.45, 2.75) is 24.5 Å².